The molecule has 2 heterocycles. The number of nitrogens with one attached hydrogen (secondary N) is 1. The van der Waals surface area contributed by atoms with Crippen molar-refractivity contribution in [1.29, 1.82) is 0 Å². The Hall–Kier alpha value is -3.21. The summed E-state index contributed by atoms with van der Waals surface area (Å²) in [5, 5.41) is 2.75. The van der Waals surface area contributed by atoms with Crippen LogP contribution in [0.1, 0.15) is 11.3 Å². The third kappa shape index (κ3) is 3.08. The molecule has 1 amide bonds. The first-order valence-corrected chi connectivity index (χ1v) is 8.20. The molecule has 1 atom stereocenters. The van der Waals surface area contributed by atoms with Gasteiger partial charge in [0.15, 0.2) is 5.78 Å². The fourth-order valence-corrected chi connectivity index (χ4v) is 3.10. The molecule has 5 nitrogen and oxygen atoms in total. The molecule has 25 heavy (non-hydrogen) atoms. The predicted octanol–water partition coefficient (Wildman–Crippen LogP) is 2.84. The number of hydrogen-bond donors (Lipinski definition) is 1. The number of aromatic nitrogens is 2. The Morgan fingerprint density at radius 1 is 1.08 bits per heavy atom. The average molecular weight is 331 g/mol. The van der Waals surface area contributed by atoms with Crippen LogP contribution < -0.4 is 5.32 Å². The van der Waals surface area contributed by atoms with E-state index in [1.165, 1.54) is 10.9 Å². The second-order valence-electron chi connectivity index (χ2n) is 6.17. The summed E-state index contributed by atoms with van der Waals surface area (Å²) in [6.45, 7) is 0. The van der Waals surface area contributed by atoms with Crippen molar-refractivity contribution in [2.45, 2.75) is 18.9 Å². The number of imidazole rings is 1. The largest absolute Gasteiger partial charge is 0.327 e. The smallest absolute Gasteiger partial charge is 0.327 e. The van der Waals surface area contributed by atoms with Gasteiger partial charge in [0.2, 0.25) is 0 Å². The second-order valence-corrected chi connectivity index (χ2v) is 6.17. The van der Waals surface area contributed by atoms with Gasteiger partial charge in [-0.2, -0.15) is 0 Å². The van der Waals surface area contributed by atoms with E-state index in [9.17, 15) is 9.59 Å². The number of carbonyl (C=O) groups is 2. The maximum atomic E-state index is 12.6. The zero-order chi connectivity index (χ0) is 17.2. The summed E-state index contributed by atoms with van der Waals surface area (Å²) in [5.41, 5.74) is 3.97. The SMILES string of the molecule is O=C(Cc1ccc(-c2ccccc2)cc1)[C@@H]1Cc2cncn2C(=O)N1. The van der Waals surface area contributed by atoms with Crippen molar-refractivity contribution in [3.8, 4) is 11.1 Å². The molecule has 0 fully saturated rings. The first-order valence-electron chi connectivity index (χ1n) is 8.20. The lowest BCUT2D eigenvalue weighted by molar-refractivity contribution is -0.120. The van der Waals surface area contributed by atoms with Crippen LogP contribution in [-0.2, 0) is 17.6 Å². The van der Waals surface area contributed by atoms with Crippen LogP contribution in [0.2, 0.25) is 0 Å². The fraction of sp³-hybridized carbons (Fsp3) is 0.150. The van der Waals surface area contributed by atoms with E-state index in [4.69, 9.17) is 0 Å². The molecule has 1 aliphatic rings. The summed E-state index contributed by atoms with van der Waals surface area (Å²) in [6, 6.07) is 17.3. The Morgan fingerprint density at radius 3 is 2.56 bits per heavy atom. The Morgan fingerprint density at radius 2 is 1.80 bits per heavy atom. The van der Waals surface area contributed by atoms with Gasteiger partial charge in [-0.1, -0.05) is 54.6 Å². The van der Waals surface area contributed by atoms with E-state index in [1.807, 2.05) is 42.5 Å². The molecular formula is C20H17N3O2. The van der Waals surface area contributed by atoms with Crippen LogP contribution in [0.4, 0.5) is 4.79 Å². The minimum absolute atomic E-state index is 0.00765. The van der Waals surface area contributed by atoms with Crippen molar-refractivity contribution < 1.29 is 9.59 Å². The van der Waals surface area contributed by atoms with Crippen LogP contribution in [0.5, 0.6) is 0 Å². The summed E-state index contributed by atoms with van der Waals surface area (Å²) >= 11 is 0. The van der Waals surface area contributed by atoms with Crippen molar-refractivity contribution in [2.75, 3.05) is 0 Å². The summed E-state index contributed by atoms with van der Waals surface area (Å²) in [5.74, 6) is 0.00765. The highest BCUT2D eigenvalue weighted by Gasteiger charge is 2.28. The maximum Gasteiger partial charge on any atom is 0.327 e. The third-order valence-electron chi connectivity index (χ3n) is 4.47. The van der Waals surface area contributed by atoms with E-state index in [0.29, 0.717) is 12.8 Å². The normalized spacial score (nSPS) is 16.2. The molecule has 0 aliphatic carbocycles. The fourth-order valence-electron chi connectivity index (χ4n) is 3.10. The number of rotatable bonds is 4. The number of hydrogen-bond acceptors (Lipinski definition) is 3. The molecular weight excluding hydrogens is 314 g/mol. The molecule has 1 aromatic heterocycles. The molecule has 0 saturated carbocycles. The second kappa shape index (κ2) is 6.36. The van der Waals surface area contributed by atoms with Crippen LogP contribution in [-0.4, -0.2) is 27.4 Å². The van der Waals surface area contributed by atoms with Crippen molar-refractivity contribution in [3.63, 3.8) is 0 Å². The van der Waals surface area contributed by atoms with Crippen LogP contribution in [0, 0.1) is 0 Å². The first kappa shape index (κ1) is 15.3. The van der Waals surface area contributed by atoms with E-state index < -0.39 is 6.04 Å². The van der Waals surface area contributed by atoms with Crippen molar-refractivity contribution in [1.82, 2.24) is 14.9 Å². The highest BCUT2D eigenvalue weighted by molar-refractivity contribution is 5.92. The Bertz CT molecular complexity index is 914. The Balaban J connectivity index is 1.46. The number of carbonyl (C=O) groups excluding carboxylic acids is 2. The van der Waals surface area contributed by atoms with E-state index in [2.05, 4.69) is 22.4 Å². The lowest BCUT2D eigenvalue weighted by Crippen LogP contribution is -2.49. The number of nitrogens with zero attached hydrogens (tertiary/aromatic N) is 2. The standard InChI is InChI=1S/C20H17N3O2/c24-19(18-11-17-12-21-13-23(17)20(25)22-18)10-14-6-8-16(9-7-14)15-4-2-1-3-5-15/h1-9,12-13,18H,10-11H2,(H,22,25)/t18-/m0/s1. The van der Waals surface area contributed by atoms with Crippen molar-refractivity contribution in [2.24, 2.45) is 0 Å². The minimum atomic E-state index is -0.495. The third-order valence-corrected chi connectivity index (χ3v) is 4.47. The van der Waals surface area contributed by atoms with Gasteiger partial charge in [-0.15, -0.1) is 0 Å². The molecule has 4 rings (SSSR count). The molecule has 1 N–H and O–H groups in total. The van der Waals surface area contributed by atoms with Crippen molar-refractivity contribution >= 4 is 11.8 Å². The highest BCUT2D eigenvalue weighted by Crippen LogP contribution is 2.20. The molecule has 0 radical (unpaired) electrons. The molecule has 2 aromatic carbocycles. The molecule has 1 aliphatic heterocycles. The van der Waals surface area contributed by atoms with Gasteiger partial charge >= 0.3 is 6.03 Å². The topological polar surface area (TPSA) is 64.0 Å². The number of ketones is 1. The minimum Gasteiger partial charge on any atom is -0.327 e. The summed E-state index contributed by atoms with van der Waals surface area (Å²) in [6.07, 6.45) is 3.88. The van der Waals surface area contributed by atoms with Gasteiger partial charge in [-0.05, 0) is 16.7 Å². The van der Waals surface area contributed by atoms with Gasteiger partial charge in [0.1, 0.15) is 6.33 Å². The van der Waals surface area contributed by atoms with Gasteiger partial charge in [-0.25, -0.2) is 9.78 Å². The Kier molecular flexibility index (Phi) is 3.90. The number of fused-ring (bicyclic) bond motifs is 1. The van der Waals surface area contributed by atoms with Crippen LogP contribution in [0.3, 0.4) is 0 Å². The average Bonchev–Trinajstić information content (AvgIpc) is 3.12. The van der Waals surface area contributed by atoms with Gasteiger partial charge < -0.3 is 5.32 Å². The lowest BCUT2D eigenvalue weighted by Gasteiger charge is -2.23. The molecule has 0 spiro atoms. The van der Waals surface area contributed by atoms with Crippen LogP contribution >= 0.6 is 0 Å². The van der Waals surface area contributed by atoms with Crippen LogP contribution in [0.15, 0.2) is 67.1 Å². The quantitative estimate of drug-likeness (QED) is 0.799. The predicted molar refractivity (Wildman–Crippen MR) is 94.2 cm³/mol. The van der Waals surface area contributed by atoms with Gasteiger partial charge in [-0.3, -0.25) is 9.36 Å². The maximum absolute atomic E-state index is 12.6. The van der Waals surface area contributed by atoms with Crippen molar-refractivity contribution in [3.05, 3.63) is 78.4 Å². The van der Waals surface area contributed by atoms with Gasteiger partial charge in [0, 0.05) is 24.7 Å². The molecule has 124 valence electrons. The summed E-state index contributed by atoms with van der Waals surface area (Å²) in [7, 11) is 0. The molecule has 0 saturated heterocycles. The first-order chi connectivity index (χ1) is 12.2. The van der Waals surface area contributed by atoms with Gasteiger partial charge in [0.05, 0.1) is 6.04 Å². The Labute approximate surface area is 145 Å². The summed E-state index contributed by atoms with van der Waals surface area (Å²) < 4.78 is 1.44. The zero-order valence-electron chi connectivity index (χ0n) is 13.6. The molecule has 5 heteroatoms. The highest BCUT2D eigenvalue weighted by atomic mass is 16.2. The molecule has 3 aromatic rings. The zero-order valence-corrected chi connectivity index (χ0v) is 13.6. The van der Waals surface area contributed by atoms with E-state index in [1.54, 1.807) is 6.20 Å². The lowest BCUT2D eigenvalue weighted by atomic mass is 9.97. The number of amides is 1. The van der Waals surface area contributed by atoms with E-state index in [0.717, 1.165) is 22.4 Å². The summed E-state index contributed by atoms with van der Waals surface area (Å²) in [4.78, 5) is 28.5. The monoisotopic (exact) mass is 331 g/mol. The van der Waals surface area contributed by atoms with E-state index in [-0.39, 0.29) is 11.8 Å². The number of Topliss-reactive ketones (excluding diaryl/α,β-unsaturated/α-hetero) is 1. The van der Waals surface area contributed by atoms with Gasteiger partial charge in [0.25, 0.3) is 0 Å². The number of benzene rings is 2. The van der Waals surface area contributed by atoms with E-state index >= 15 is 0 Å². The molecule has 0 unspecified atom stereocenters. The van der Waals surface area contributed by atoms with Crippen LogP contribution in [0.25, 0.3) is 11.1 Å². The molecule has 0 bridgehead atoms.